The molecule has 0 atom stereocenters. The van der Waals surface area contributed by atoms with Crippen LogP contribution in [0.4, 0.5) is 32.0 Å². The number of benzene rings is 1. The molecule has 0 aliphatic heterocycles. The number of halogens is 6. The highest BCUT2D eigenvalue weighted by atomic mass is 19.4. The summed E-state index contributed by atoms with van der Waals surface area (Å²) in [6.45, 7) is 0. The molecule has 2 amide bonds. The topological polar surface area (TPSA) is 58.2 Å². The molecule has 25 heavy (non-hydrogen) atoms. The Balaban J connectivity index is 2.19. The molecule has 0 saturated heterocycles. The van der Waals surface area contributed by atoms with Crippen molar-refractivity contribution in [2.24, 2.45) is 0 Å². The van der Waals surface area contributed by atoms with Gasteiger partial charge in [0, 0.05) is 11.7 Å². The molecule has 0 bridgehead atoms. The standard InChI is InChI=1S/C15H14F6N2O2/c16-14(17,18)8-5-9(15(19,20)21)7-11(6-8)23-13(25)12(24)22-10-3-1-2-4-10/h5-7,10H,1-4H2,(H,22,24)(H,23,25). The number of rotatable bonds is 2. The number of carbonyl (C=O) groups is 2. The number of hydrogen-bond donors (Lipinski definition) is 2. The zero-order valence-electron chi connectivity index (χ0n) is 12.7. The van der Waals surface area contributed by atoms with Crippen LogP contribution in [0.3, 0.4) is 0 Å². The minimum atomic E-state index is -5.03. The van der Waals surface area contributed by atoms with E-state index in [-0.39, 0.29) is 12.1 Å². The van der Waals surface area contributed by atoms with Crippen molar-refractivity contribution in [2.45, 2.75) is 44.1 Å². The largest absolute Gasteiger partial charge is 0.416 e. The second-order valence-corrected chi connectivity index (χ2v) is 5.70. The second-order valence-electron chi connectivity index (χ2n) is 5.70. The molecule has 2 rings (SSSR count). The van der Waals surface area contributed by atoms with Gasteiger partial charge in [-0.2, -0.15) is 26.3 Å². The Morgan fingerprint density at radius 2 is 1.32 bits per heavy atom. The first-order chi connectivity index (χ1) is 11.5. The van der Waals surface area contributed by atoms with E-state index in [0.29, 0.717) is 25.0 Å². The van der Waals surface area contributed by atoms with Gasteiger partial charge in [0.1, 0.15) is 0 Å². The zero-order valence-corrected chi connectivity index (χ0v) is 12.7. The molecule has 0 heterocycles. The van der Waals surface area contributed by atoms with Crippen molar-refractivity contribution >= 4 is 17.5 Å². The third-order valence-corrected chi connectivity index (χ3v) is 3.74. The molecule has 138 valence electrons. The molecular weight excluding hydrogens is 354 g/mol. The first kappa shape index (κ1) is 19.1. The van der Waals surface area contributed by atoms with Gasteiger partial charge in [0.05, 0.1) is 11.1 Å². The molecule has 2 N–H and O–H groups in total. The molecule has 1 saturated carbocycles. The molecule has 1 aromatic rings. The molecule has 1 fully saturated rings. The van der Waals surface area contributed by atoms with Crippen molar-refractivity contribution in [1.29, 1.82) is 0 Å². The van der Waals surface area contributed by atoms with Gasteiger partial charge in [-0.3, -0.25) is 9.59 Å². The van der Waals surface area contributed by atoms with Gasteiger partial charge in [-0.25, -0.2) is 0 Å². The molecule has 0 aromatic heterocycles. The van der Waals surface area contributed by atoms with Crippen LogP contribution in [0.25, 0.3) is 0 Å². The fraction of sp³-hybridized carbons (Fsp3) is 0.467. The lowest BCUT2D eigenvalue weighted by atomic mass is 10.1. The molecule has 0 radical (unpaired) electrons. The lowest BCUT2D eigenvalue weighted by Crippen LogP contribution is -2.40. The number of alkyl halides is 6. The smallest absolute Gasteiger partial charge is 0.345 e. The summed E-state index contributed by atoms with van der Waals surface area (Å²) < 4.78 is 76.5. The summed E-state index contributed by atoms with van der Waals surface area (Å²) in [5.74, 6) is -2.42. The van der Waals surface area contributed by atoms with Gasteiger partial charge in [-0.05, 0) is 31.0 Å². The Morgan fingerprint density at radius 3 is 1.76 bits per heavy atom. The number of amides is 2. The van der Waals surface area contributed by atoms with Crippen LogP contribution in [0.15, 0.2) is 18.2 Å². The van der Waals surface area contributed by atoms with E-state index in [1.807, 2.05) is 0 Å². The van der Waals surface area contributed by atoms with E-state index in [0.717, 1.165) is 12.8 Å². The van der Waals surface area contributed by atoms with Gasteiger partial charge in [-0.15, -0.1) is 0 Å². The Kier molecular flexibility index (Phi) is 5.28. The van der Waals surface area contributed by atoms with Gasteiger partial charge < -0.3 is 10.6 Å². The molecule has 10 heteroatoms. The summed E-state index contributed by atoms with van der Waals surface area (Å²) in [6.07, 6.45) is -6.99. The minimum Gasteiger partial charge on any atom is -0.345 e. The average molecular weight is 368 g/mol. The van der Waals surface area contributed by atoms with Crippen molar-refractivity contribution < 1.29 is 35.9 Å². The minimum absolute atomic E-state index is 0.0613. The van der Waals surface area contributed by atoms with Crippen LogP contribution in [0.2, 0.25) is 0 Å². The summed E-state index contributed by atoms with van der Waals surface area (Å²) in [5, 5.41) is 4.18. The number of carbonyl (C=O) groups excluding carboxylic acids is 2. The number of anilines is 1. The van der Waals surface area contributed by atoms with Crippen LogP contribution >= 0.6 is 0 Å². The molecule has 1 aliphatic rings. The quantitative estimate of drug-likeness (QED) is 0.618. The zero-order chi connectivity index (χ0) is 18.8. The molecular formula is C15H14F6N2O2. The van der Waals surface area contributed by atoms with E-state index in [1.165, 1.54) is 0 Å². The van der Waals surface area contributed by atoms with Crippen LogP contribution in [0.5, 0.6) is 0 Å². The maximum atomic E-state index is 12.7. The van der Waals surface area contributed by atoms with E-state index in [1.54, 1.807) is 5.32 Å². The normalized spacial score (nSPS) is 15.9. The maximum Gasteiger partial charge on any atom is 0.416 e. The SMILES string of the molecule is O=C(Nc1cc(C(F)(F)F)cc(C(F)(F)F)c1)C(=O)NC1CCCC1. The summed E-state index contributed by atoms with van der Waals surface area (Å²) in [7, 11) is 0. The van der Waals surface area contributed by atoms with Crippen LogP contribution < -0.4 is 10.6 Å². The first-order valence-corrected chi connectivity index (χ1v) is 7.38. The maximum absolute atomic E-state index is 12.7. The van der Waals surface area contributed by atoms with Crippen LogP contribution in [0.1, 0.15) is 36.8 Å². The van der Waals surface area contributed by atoms with Crippen LogP contribution in [-0.4, -0.2) is 17.9 Å². The Bertz CT molecular complexity index is 631. The lowest BCUT2D eigenvalue weighted by Gasteiger charge is -2.15. The third kappa shape index (κ3) is 5.10. The van der Waals surface area contributed by atoms with E-state index >= 15 is 0 Å². The average Bonchev–Trinajstić information content (AvgIpc) is 2.98. The van der Waals surface area contributed by atoms with E-state index in [9.17, 15) is 35.9 Å². The summed E-state index contributed by atoms with van der Waals surface area (Å²) in [4.78, 5) is 23.4. The molecule has 1 aliphatic carbocycles. The molecule has 0 spiro atoms. The molecule has 0 unspecified atom stereocenters. The fourth-order valence-corrected chi connectivity index (χ4v) is 2.54. The second kappa shape index (κ2) is 6.93. The number of nitrogens with one attached hydrogen (secondary N) is 2. The highest BCUT2D eigenvalue weighted by molar-refractivity contribution is 6.39. The fourth-order valence-electron chi connectivity index (χ4n) is 2.54. The highest BCUT2D eigenvalue weighted by Crippen LogP contribution is 2.37. The van der Waals surface area contributed by atoms with Crippen molar-refractivity contribution in [2.75, 3.05) is 5.32 Å². The molecule has 4 nitrogen and oxygen atoms in total. The van der Waals surface area contributed by atoms with Crippen molar-refractivity contribution in [3.05, 3.63) is 29.3 Å². The monoisotopic (exact) mass is 368 g/mol. The Morgan fingerprint density at radius 1 is 0.840 bits per heavy atom. The molecule has 1 aromatic carbocycles. The van der Waals surface area contributed by atoms with E-state index < -0.39 is 41.0 Å². The van der Waals surface area contributed by atoms with Gasteiger partial charge >= 0.3 is 24.2 Å². The summed E-state index contributed by atoms with van der Waals surface area (Å²) in [5.41, 5.74) is -3.91. The van der Waals surface area contributed by atoms with E-state index in [2.05, 4.69) is 5.32 Å². The Labute approximate surface area is 138 Å². The van der Waals surface area contributed by atoms with Crippen molar-refractivity contribution in [1.82, 2.24) is 5.32 Å². The third-order valence-electron chi connectivity index (χ3n) is 3.74. The highest BCUT2D eigenvalue weighted by Gasteiger charge is 2.37. The van der Waals surface area contributed by atoms with Crippen molar-refractivity contribution in [3.8, 4) is 0 Å². The predicted octanol–water partition coefficient (Wildman–Crippen LogP) is 3.72. The Hall–Kier alpha value is -2.26. The van der Waals surface area contributed by atoms with Gasteiger partial charge in [0.15, 0.2) is 0 Å². The van der Waals surface area contributed by atoms with Gasteiger partial charge in [0.2, 0.25) is 0 Å². The van der Waals surface area contributed by atoms with Crippen molar-refractivity contribution in [3.63, 3.8) is 0 Å². The van der Waals surface area contributed by atoms with Gasteiger partial charge in [0.25, 0.3) is 0 Å². The van der Waals surface area contributed by atoms with Gasteiger partial charge in [-0.1, -0.05) is 12.8 Å². The van der Waals surface area contributed by atoms with Crippen LogP contribution in [0, 0.1) is 0 Å². The first-order valence-electron chi connectivity index (χ1n) is 7.38. The summed E-state index contributed by atoms with van der Waals surface area (Å²) >= 11 is 0. The predicted molar refractivity (Wildman–Crippen MR) is 75.5 cm³/mol. The van der Waals surface area contributed by atoms with E-state index in [4.69, 9.17) is 0 Å². The number of hydrogen-bond acceptors (Lipinski definition) is 2. The van der Waals surface area contributed by atoms with Crippen LogP contribution in [-0.2, 0) is 21.9 Å². The lowest BCUT2D eigenvalue weighted by molar-refractivity contribution is -0.143. The summed E-state index contributed by atoms with van der Waals surface area (Å²) in [6, 6.07) is 0.408.